The molecule has 150 valence electrons. The summed E-state index contributed by atoms with van der Waals surface area (Å²) in [7, 11) is 0. The quantitative estimate of drug-likeness (QED) is 0.390. The molecule has 0 unspecified atom stereocenters. The van der Waals surface area contributed by atoms with Gasteiger partial charge in [0.15, 0.2) is 0 Å². The van der Waals surface area contributed by atoms with Crippen LogP contribution >= 0.6 is 23.2 Å². The summed E-state index contributed by atoms with van der Waals surface area (Å²) < 4.78 is 3.81. The van der Waals surface area contributed by atoms with Gasteiger partial charge in [0.2, 0.25) is 6.33 Å². The fourth-order valence-corrected chi connectivity index (χ4v) is 3.89. The molecule has 5 rings (SSSR count). The van der Waals surface area contributed by atoms with E-state index in [1.165, 1.54) is 0 Å². The number of hydrogen-bond acceptors (Lipinski definition) is 2. The van der Waals surface area contributed by atoms with E-state index in [9.17, 15) is 0 Å². The molecule has 0 spiro atoms. The van der Waals surface area contributed by atoms with Gasteiger partial charge < -0.3 is 12.4 Å². The van der Waals surface area contributed by atoms with Crippen molar-refractivity contribution in [1.29, 1.82) is 0 Å². The Hall–Kier alpha value is -2.66. The highest BCUT2D eigenvalue weighted by Crippen LogP contribution is 2.21. The van der Waals surface area contributed by atoms with Crippen molar-refractivity contribution in [2.24, 2.45) is 0 Å². The molecule has 4 nitrogen and oxygen atoms in total. The highest BCUT2D eigenvalue weighted by molar-refractivity contribution is 6.39. The summed E-state index contributed by atoms with van der Waals surface area (Å²) in [5.74, 6) is 0. The third-order valence-electron chi connectivity index (χ3n) is 4.93. The normalized spacial score (nSPS) is 11.0. The summed E-state index contributed by atoms with van der Waals surface area (Å²) in [6.45, 7) is 1.09. The molecule has 30 heavy (non-hydrogen) atoms. The van der Waals surface area contributed by atoms with Crippen LogP contribution in [0.2, 0.25) is 10.3 Å². The molecule has 0 aliphatic heterocycles. The fraction of sp³-hybridized carbons (Fsp3) is 0.0870. The van der Waals surface area contributed by atoms with E-state index in [1.54, 1.807) is 0 Å². The SMILES string of the molecule is Clc1c(Cl)[n+](Cc2ccc3ccccc3n2)cn1Cc1ccc2ccccc2n1.[Cl-]. The average molecular weight is 456 g/mol. The number of aromatic nitrogens is 4. The lowest BCUT2D eigenvalue weighted by atomic mass is 10.2. The lowest BCUT2D eigenvalue weighted by Crippen LogP contribution is -3.00. The molecule has 0 aliphatic rings. The topological polar surface area (TPSA) is 34.6 Å². The lowest BCUT2D eigenvalue weighted by Gasteiger charge is -2.02. The minimum Gasteiger partial charge on any atom is -1.00 e. The van der Waals surface area contributed by atoms with Crippen molar-refractivity contribution < 1.29 is 17.0 Å². The smallest absolute Gasteiger partial charge is 0.255 e. The van der Waals surface area contributed by atoms with Crippen LogP contribution in [0.5, 0.6) is 0 Å². The molecule has 0 N–H and O–H groups in total. The first-order chi connectivity index (χ1) is 14.2. The minimum atomic E-state index is 0. The molecule has 0 aliphatic carbocycles. The molecular formula is C23H17Cl3N4. The van der Waals surface area contributed by atoms with Crippen molar-refractivity contribution >= 4 is 45.0 Å². The molecule has 3 heterocycles. The summed E-state index contributed by atoms with van der Waals surface area (Å²) in [4.78, 5) is 9.45. The van der Waals surface area contributed by atoms with Crippen molar-refractivity contribution in [3.8, 4) is 0 Å². The molecule has 0 amide bonds. The van der Waals surface area contributed by atoms with E-state index >= 15 is 0 Å². The van der Waals surface area contributed by atoms with Gasteiger partial charge >= 0.3 is 0 Å². The first kappa shape index (κ1) is 20.6. The Kier molecular flexibility index (Phi) is 5.91. The number of rotatable bonds is 4. The van der Waals surface area contributed by atoms with Gasteiger partial charge in [-0.05, 0) is 47.5 Å². The summed E-state index contributed by atoms with van der Waals surface area (Å²) in [5.41, 5.74) is 3.78. The van der Waals surface area contributed by atoms with Crippen molar-refractivity contribution in [3.05, 3.63) is 101 Å². The van der Waals surface area contributed by atoms with E-state index in [0.29, 0.717) is 23.4 Å². The van der Waals surface area contributed by atoms with E-state index in [2.05, 4.69) is 24.3 Å². The number of nitrogens with zero attached hydrogens (tertiary/aromatic N) is 4. The molecule has 0 saturated heterocycles. The van der Waals surface area contributed by atoms with E-state index in [1.807, 2.05) is 64.0 Å². The second-order valence-electron chi connectivity index (χ2n) is 6.94. The number of imidazole rings is 1. The Bertz CT molecular complexity index is 1250. The van der Waals surface area contributed by atoms with Crippen molar-refractivity contribution in [2.75, 3.05) is 0 Å². The zero-order chi connectivity index (χ0) is 19.8. The van der Waals surface area contributed by atoms with Crippen LogP contribution in [0.15, 0.2) is 79.1 Å². The standard InChI is InChI=1S/C23H17Cl2N4.ClH/c24-22-23(25)29(14-19-12-10-17-6-2-4-8-21(17)27-19)15-28(22)13-18-11-9-16-5-1-3-7-20(16)26-18;/h1-12,15H,13-14H2;1H/q+1;/p-1. The van der Waals surface area contributed by atoms with Crippen LogP contribution in [0, 0.1) is 0 Å². The highest BCUT2D eigenvalue weighted by atomic mass is 35.5. The minimum absolute atomic E-state index is 0. The van der Waals surface area contributed by atoms with Crippen LogP contribution in [0.1, 0.15) is 11.4 Å². The predicted octanol–water partition coefficient (Wildman–Crippen LogP) is 2.28. The van der Waals surface area contributed by atoms with Crippen LogP contribution in [-0.4, -0.2) is 14.5 Å². The third kappa shape index (κ3) is 3.99. The van der Waals surface area contributed by atoms with Gasteiger partial charge in [-0.15, -0.1) is 0 Å². The Morgan fingerprint density at radius 3 is 1.97 bits per heavy atom. The zero-order valence-corrected chi connectivity index (χ0v) is 18.1. The van der Waals surface area contributed by atoms with Crippen LogP contribution < -0.4 is 17.0 Å². The molecular weight excluding hydrogens is 439 g/mol. The van der Waals surface area contributed by atoms with Crippen LogP contribution in [0.4, 0.5) is 0 Å². The first-order valence-corrected chi connectivity index (χ1v) is 10.1. The largest absolute Gasteiger partial charge is 1.00 e. The molecule has 0 saturated carbocycles. The molecule has 3 aromatic heterocycles. The molecule has 0 radical (unpaired) electrons. The molecule has 0 bridgehead atoms. The van der Waals surface area contributed by atoms with Crippen LogP contribution in [-0.2, 0) is 13.1 Å². The van der Waals surface area contributed by atoms with E-state index < -0.39 is 0 Å². The first-order valence-electron chi connectivity index (χ1n) is 9.30. The van der Waals surface area contributed by atoms with Gasteiger partial charge in [0.05, 0.1) is 22.4 Å². The number of fused-ring (bicyclic) bond motifs is 2. The maximum absolute atomic E-state index is 6.51. The number of para-hydroxylation sites is 2. The molecule has 2 aromatic carbocycles. The van der Waals surface area contributed by atoms with Crippen LogP contribution in [0.3, 0.4) is 0 Å². The Balaban J connectivity index is 0.00000218. The Labute approximate surface area is 190 Å². The van der Waals surface area contributed by atoms with Crippen LogP contribution in [0.25, 0.3) is 21.8 Å². The van der Waals surface area contributed by atoms with Gasteiger partial charge in [-0.1, -0.05) is 48.5 Å². The summed E-state index contributed by atoms with van der Waals surface area (Å²) in [5, 5.41) is 3.21. The van der Waals surface area contributed by atoms with Gasteiger partial charge in [0.1, 0.15) is 13.1 Å². The number of hydrogen-bond donors (Lipinski definition) is 0. The van der Waals surface area contributed by atoms with Gasteiger partial charge in [-0.3, -0.25) is 0 Å². The Morgan fingerprint density at radius 2 is 1.30 bits per heavy atom. The number of pyridine rings is 2. The van der Waals surface area contributed by atoms with Gasteiger partial charge in [0, 0.05) is 10.8 Å². The summed E-state index contributed by atoms with van der Waals surface area (Å²) in [6.07, 6.45) is 1.92. The molecule has 5 aromatic rings. The molecule has 7 heteroatoms. The molecule has 0 fully saturated rings. The fourth-order valence-electron chi connectivity index (χ4n) is 3.47. The van der Waals surface area contributed by atoms with Crippen molar-refractivity contribution in [2.45, 2.75) is 13.1 Å². The van der Waals surface area contributed by atoms with Gasteiger partial charge in [-0.25, -0.2) is 19.1 Å². The van der Waals surface area contributed by atoms with E-state index in [-0.39, 0.29) is 12.4 Å². The second-order valence-corrected chi connectivity index (χ2v) is 7.66. The number of halogens is 3. The Morgan fingerprint density at radius 1 is 0.733 bits per heavy atom. The predicted molar refractivity (Wildman–Crippen MR) is 116 cm³/mol. The summed E-state index contributed by atoms with van der Waals surface area (Å²) >= 11 is 13.0. The third-order valence-corrected chi connectivity index (χ3v) is 5.82. The van der Waals surface area contributed by atoms with E-state index in [0.717, 1.165) is 33.2 Å². The maximum Gasteiger partial charge on any atom is 0.255 e. The lowest BCUT2D eigenvalue weighted by molar-refractivity contribution is -0.686. The maximum atomic E-state index is 6.51. The van der Waals surface area contributed by atoms with Gasteiger partial charge in [-0.2, -0.15) is 0 Å². The van der Waals surface area contributed by atoms with Crippen molar-refractivity contribution in [3.63, 3.8) is 0 Å². The van der Waals surface area contributed by atoms with E-state index in [4.69, 9.17) is 33.2 Å². The monoisotopic (exact) mass is 454 g/mol. The average Bonchev–Trinajstić information content (AvgIpc) is 3.01. The van der Waals surface area contributed by atoms with Crippen molar-refractivity contribution in [1.82, 2.24) is 14.5 Å². The highest BCUT2D eigenvalue weighted by Gasteiger charge is 2.21. The molecule has 0 atom stereocenters. The van der Waals surface area contributed by atoms with Gasteiger partial charge in [0.25, 0.3) is 10.3 Å². The summed E-state index contributed by atoms with van der Waals surface area (Å²) in [6, 6.07) is 24.3. The second kappa shape index (κ2) is 8.60. The zero-order valence-electron chi connectivity index (χ0n) is 15.8. The number of benzene rings is 2.